The second-order valence-electron chi connectivity index (χ2n) is 5.27. The van der Waals surface area contributed by atoms with E-state index in [0.717, 1.165) is 29.2 Å². The summed E-state index contributed by atoms with van der Waals surface area (Å²) >= 11 is 0. The highest BCUT2D eigenvalue weighted by Crippen LogP contribution is 2.29. The number of fused-ring (bicyclic) bond motifs is 1. The number of nitrogens with one attached hydrogen (secondary N) is 2. The van der Waals surface area contributed by atoms with Crippen molar-refractivity contribution in [2.24, 2.45) is 0 Å². The second kappa shape index (κ2) is 4.49. The van der Waals surface area contributed by atoms with Crippen LogP contribution in [0.1, 0.15) is 17.5 Å². The molecule has 2 aliphatic heterocycles. The lowest BCUT2D eigenvalue weighted by Gasteiger charge is -2.23. The van der Waals surface area contributed by atoms with Crippen molar-refractivity contribution in [3.8, 4) is 0 Å². The Morgan fingerprint density at radius 2 is 2.21 bits per heavy atom. The zero-order valence-corrected chi connectivity index (χ0v) is 10.7. The van der Waals surface area contributed by atoms with Crippen LogP contribution in [0.2, 0.25) is 0 Å². The molecule has 0 aliphatic carbocycles. The summed E-state index contributed by atoms with van der Waals surface area (Å²) in [5.41, 5.74) is 3.27. The molecule has 3 rings (SSSR count). The van der Waals surface area contributed by atoms with Gasteiger partial charge in [0.2, 0.25) is 0 Å². The van der Waals surface area contributed by atoms with E-state index >= 15 is 0 Å². The number of hydrogen-bond acceptors (Lipinski definition) is 3. The minimum atomic E-state index is -2.52. The first kappa shape index (κ1) is 12.4. The Kier molecular flexibility index (Phi) is 2.93. The molecule has 0 atom stereocenters. The van der Waals surface area contributed by atoms with Crippen LogP contribution in [0.5, 0.6) is 0 Å². The topological polar surface area (TPSA) is 27.3 Å². The van der Waals surface area contributed by atoms with E-state index in [2.05, 4.69) is 23.3 Å². The van der Waals surface area contributed by atoms with Crippen molar-refractivity contribution < 1.29 is 8.78 Å². The van der Waals surface area contributed by atoms with Crippen molar-refractivity contribution >= 4 is 5.69 Å². The number of anilines is 1. The number of alkyl halides is 2. The number of benzene rings is 1. The van der Waals surface area contributed by atoms with Crippen LogP contribution in [0.25, 0.3) is 0 Å². The summed E-state index contributed by atoms with van der Waals surface area (Å²) in [6.45, 7) is 5.48. The van der Waals surface area contributed by atoms with Gasteiger partial charge in [0.1, 0.15) is 0 Å². The molecule has 1 aromatic carbocycles. The van der Waals surface area contributed by atoms with Gasteiger partial charge >= 0.3 is 0 Å². The van der Waals surface area contributed by atoms with E-state index in [1.165, 1.54) is 0 Å². The van der Waals surface area contributed by atoms with Crippen LogP contribution < -0.4 is 10.6 Å². The summed E-state index contributed by atoms with van der Waals surface area (Å²) in [7, 11) is 0. The van der Waals surface area contributed by atoms with Crippen LogP contribution in [0, 0.1) is 0 Å². The summed E-state index contributed by atoms with van der Waals surface area (Å²) in [5.74, 6) is -1.73. The Morgan fingerprint density at radius 3 is 2.95 bits per heavy atom. The van der Waals surface area contributed by atoms with Gasteiger partial charge in [0.15, 0.2) is 0 Å². The van der Waals surface area contributed by atoms with Gasteiger partial charge in [-0.1, -0.05) is 18.7 Å². The van der Waals surface area contributed by atoms with Crippen molar-refractivity contribution in [3.63, 3.8) is 0 Å². The molecule has 1 saturated heterocycles. The van der Waals surface area contributed by atoms with E-state index in [9.17, 15) is 8.78 Å². The van der Waals surface area contributed by atoms with Gasteiger partial charge in [0.05, 0.1) is 12.4 Å². The minimum absolute atomic E-state index is 0.0269. The molecule has 0 radical (unpaired) electrons. The minimum Gasteiger partial charge on any atom is -0.368 e. The van der Waals surface area contributed by atoms with Crippen LogP contribution in [-0.4, -0.2) is 23.9 Å². The Hall–Kier alpha value is -1.62. The molecular formula is C14H17F2N3. The molecule has 0 saturated carbocycles. The quantitative estimate of drug-likeness (QED) is 0.860. The molecule has 0 unspecified atom stereocenters. The van der Waals surface area contributed by atoms with E-state index in [4.69, 9.17) is 0 Å². The highest BCUT2D eigenvalue weighted by molar-refractivity contribution is 5.57. The van der Waals surface area contributed by atoms with Crippen LogP contribution >= 0.6 is 0 Å². The predicted octanol–water partition coefficient (Wildman–Crippen LogP) is 2.51. The summed E-state index contributed by atoms with van der Waals surface area (Å²) < 4.78 is 26.3. The van der Waals surface area contributed by atoms with Crippen molar-refractivity contribution in [2.75, 3.05) is 18.4 Å². The summed E-state index contributed by atoms with van der Waals surface area (Å²) in [4.78, 5) is 1.81. The molecule has 1 aromatic rings. The van der Waals surface area contributed by atoms with Gasteiger partial charge in [-0.05, 0) is 17.2 Å². The van der Waals surface area contributed by atoms with Crippen molar-refractivity contribution in [3.05, 3.63) is 41.7 Å². The van der Waals surface area contributed by atoms with Crippen molar-refractivity contribution in [1.82, 2.24) is 10.2 Å². The molecular weight excluding hydrogens is 248 g/mol. The van der Waals surface area contributed by atoms with E-state index in [0.29, 0.717) is 13.1 Å². The molecule has 5 heteroatoms. The van der Waals surface area contributed by atoms with E-state index in [1.807, 2.05) is 17.0 Å². The highest BCUT2D eigenvalue weighted by Gasteiger charge is 2.37. The summed E-state index contributed by atoms with van der Waals surface area (Å²) in [6, 6.07) is 6.05. The average Bonchev–Trinajstić information content (AvgIpc) is 2.69. The fourth-order valence-corrected chi connectivity index (χ4v) is 2.62. The third-order valence-electron chi connectivity index (χ3n) is 3.60. The number of halogens is 2. The fourth-order valence-electron chi connectivity index (χ4n) is 2.62. The normalized spacial score (nSPS) is 21.7. The zero-order valence-electron chi connectivity index (χ0n) is 10.7. The third-order valence-corrected chi connectivity index (χ3v) is 3.60. The van der Waals surface area contributed by atoms with Gasteiger partial charge in [0, 0.05) is 31.7 Å². The summed E-state index contributed by atoms with van der Waals surface area (Å²) in [6.07, 6.45) is -0.0269. The molecule has 3 nitrogen and oxygen atoms in total. The molecule has 1 fully saturated rings. The predicted molar refractivity (Wildman–Crippen MR) is 70.9 cm³/mol. The zero-order chi connectivity index (χ0) is 13.5. The van der Waals surface area contributed by atoms with Crippen LogP contribution in [-0.2, 0) is 13.1 Å². The number of likely N-dealkylation sites (tertiary alicyclic amines) is 1. The molecule has 102 valence electrons. The number of rotatable bonds is 2. The smallest absolute Gasteiger partial charge is 0.261 e. The first-order valence-corrected chi connectivity index (χ1v) is 6.44. The first-order valence-electron chi connectivity index (χ1n) is 6.44. The van der Waals surface area contributed by atoms with Crippen LogP contribution in [0.3, 0.4) is 0 Å². The fraction of sp³-hybridized carbons (Fsp3) is 0.429. The Morgan fingerprint density at radius 1 is 1.37 bits per heavy atom. The van der Waals surface area contributed by atoms with Crippen molar-refractivity contribution in [2.45, 2.75) is 25.4 Å². The molecule has 0 bridgehead atoms. The Labute approximate surface area is 111 Å². The standard InChI is InChI=1S/C14H17F2N3/c1-10-17-7-12-6-11(2-3-13(12)18-10)8-19-5-4-14(15,16)9-19/h2-3,6,17-18H,1,4-5,7-9H2. The maximum absolute atomic E-state index is 13.1. The van der Waals surface area contributed by atoms with E-state index < -0.39 is 5.92 Å². The van der Waals surface area contributed by atoms with E-state index in [-0.39, 0.29) is 13.0 Å². The van der Waals surface area contributed by atoms with Crippen LogP contribution in [0.15, 0.2) is 30.6 Å². The monoisotopic (exact) mass is 265 g/mol. The SMILES string of the molecule is C=C1NCc2cc(CN3CCC(F)(F)C3)ccc2N1. The first-order chi connectivity index (χ1) is 9.02. The molecule has 0 amide bonds. The lowest BCUT2D eigenvalue weighted by molar-refractivity contribution is 0.0115. The summed E-state index contributed by atoms with van der Waals surface area (Å²) in [5, 5.41) is 6.29. The second-order valence-corrected chi connectivity index (χ2v) is 5.27. The van der Waals surface area contributed by atoms with Crippen LogP contribution in [0.4, 0.5) is 14.5 Å². The van der Waals surface area contributed by atoms with Gasteiger partial charge in [-0.25, -0.2) is 8.78 Å². The molecule has 2 aliphatic rings. The molecule has 2 heterocycles. The molecule has 2 N–H and O–H groups in total. The maximum Gasteiger partial charge on any atom is 0.261 e. The van der Waals surface area contributed by atoms with Gasteiger partial charge < -0.3 is 10.6 Å². The van der Waals surface area contributed by atoms with Gasteiger partial charge in [0.25, 0.3) is 5.92 Å². The lowest BCUT2D eigenvalue weighted by atomic mass is 10.1. The average molecular weight is 265 g/mol. The van der Waals surface area contributed by atoms with Crippen molar-refractivity contribution in [1.29, 1.82) is 0 Å². The number of hydrogen-bond donors (Lipinski definition) is 2. The van der Waals surface area contributed by atoms with E-state index in [1.54, 1.807) is 0 Å². The lowest BCUT2D eigenvalue weighted by Crippen LogP contribution is -2.26. The molecule has 0 spiro atoms. The Balaban J connectivity index is 1.71. The molecule has 0 aromatic heterocycles. The highest BCUT2D eigenvalue weighted by atomic mass is 19.3. The van der Waals surface area contributed by atoms with Gasteiger partial charge in [-0.2, -0.15) is 0 Å². The van der Waals surface area contributed by atoms with Gasteiger partial charge in [-0.3, -0.25) is 4.90 Å². The molecule has 19 heavy (non-hydrogen) atoms. The maximum atomic E-state index is 13.1. The third kappa shape index (κ3) is 2.71. The Bertz CT molecular complexity index is 513. The van der Waals surface area contributed by atoms with Gasteiger partial charge in [-0.15, -0.1) is 0 Å². The largest absolute Gasteiger partial charge is 0.368 e. The number of nitrogens with zero attached hydrogens (tertiary/aromatic N) is 1.